The van der Waals surface area contributed by atoms with Crippen LogP contribution in [-0.2, 0) is 17.6 Å². The number of halogens is 3. The van der Waals surface area contributed by atoms with Crippen LogP contribution in [0.15, 0.2) is 18.2 Å². The molecule has 0 aliphatic carbocycles. The van der Waals surface area contributed by atoms with Crippen molar-refractivity contribution in [2.24, 2.45) is 0 Å². The Morgan fingerprint density at radius 1 is 1.39 bits per heavy atom. The van der Waals surface area contributed by atoms with Gasteiger partial charge in [-0.15, -0.1) is 0 Å². The molecule has 1 heterocycles. The van der Waals surface area contributed by atoms with E-state index in [-0.39, 0.29) is 12.2 Å². The van der Waals surface area contributed by atoms with Crippen LogP contribution in [0.4, 0.5) is 18.9 Å². The summed E-state index contributed by atoms with van der Waals surface area (Å²) in [4.78, 5) is 3.58. The van der Waals surface area contributed by atoms with Crippen molar-refractivity contribution in [1.29, 1.82) is 0 Å². The number of hydrogen-bond donors (Lipinski definition) is 1. The maximum Gasteiger partial charge on any atom is 0.449 e. The first kappa shape index (κ1) is 12.7. The van der Waals surface area contributed by atoms with Crippen LogP contribution >= 0.6 is 0 Å². The van der Waals surface area contributed by atoms with Crippen molar-refractivity contribution in [1.82, 2.24) is 9.55 Å². The zero-order valence-electron chi connectivity index (χ0n) is 9.66. The van der Waals surface area contributed by atoms with Crippen LogP contribution < -0.4 is 5.73 Å². The summed E-state index contributed by atoms with van der Waals surface area (Å²) in [6, 6.07) is 4.43. The van der Waals surface area contributed by atoms with Gasteiger partial charge in [0.25, 0.3) is 0 Å². The second-order valence-corrected chi connectivity index (χ2v) is 3.73. The highest BCUT2D eigenvalue weighted by Gasteiger charge is 2.37. The molecule has 0 unspecified atom stereocenters. The summed E-state index contributed by atoms with van der Waals surface area (Å²) in [7, 11) is 0. The maximum absolute atomic E-state index is 12.8. The third kappa shape index (κ3) is 2.26. The summed E-state index contributed by atoms with van der Waals surface area (Å²) in [6.07, 6.45) is -4.52. The highest BCUT2D eigenvalue weighted by atomic mass is 19.4. The number of aromatic nitrogens is 2. The number of benzene rings is 1. The van der Waals surface area contributed by atoms with Crippen molar-refractivity contribution in [2.45, 2.75) is 19.8 Å². The first-order valence-electron chi connectivity index (χ1n) is 5.34. The number of ether oxygens (including phenoxy) is 1. The average Bonchev–Trinajstić information content (AvgIpc) is 2.64. The van der Waals surface area contributed by atoms with E-state index in [1.807, 2.05) is 0 Å². The Kier molecular flexibility index (Phi) is 3.16. The van der Waals surface area contributed by atoms with Gasteiger partial charge in [0, 0.05) is 12.3 Å². The quantitative estimate of drug-likeness (QED) is 0.862. The molecule has 2 N–H and O–H groups in total. The van der Waals surface area contributed by atoms with Crippen LogP contribution in [0.5, 0.6) is 0 Å². The predicted molar refractivity (Wildman–Crippen MR) is 60.8 cm³/mol. The molecule has 0 saturated heterocycles. The van der Waals surface area contributed by atoms with Gasteiger partial charge in [-0.3, -0.25) is 4.57 Å². The fourth-order valence-electron chi connectivity index (χ4n) is 1.67. The molecular weight excluding hydrogens is 247 g/mol. The predicted octanol–water partition coefficient (Wildman–Crippen LogP) is 2.63. The number of alkyl halides is 3. The van der Waals surface area contributed by atoms with Crippen LogP contribution in [0.2, 0.25) is 0 Å². The van der Waals surface area contributed by atoms with Crippen LogP contribution in [0, 0.1) is 0 Å². The molecule has 1 aromatic carbocycles. The standard InChI is InChI=1S/C11H12F3N3O/c1-2-18-6-17-9-5-7(15)3-4-8(9)16-10(17)11(12,13)14/h3-5H,2,6,15H2,1H3. The minimum atomic E-state index is -4.52. The summed E-state index contributed by atoms with van der Waals surface area (Å²) < 4.78 is 44.6. The van der Waals surface area contributed by atoms with Crippen LogP contribution in [0.25, 0.3) is 11.0 Å². The minimum absolute atomic E-state index is 0.203. The Bertz CT molecular complexity index is 562. The number of fused-ring (bicyclic) bond motifs is 1. The fourth-order valence-corrected chi connectivity index (χ4v) is 1.67. The molecule has 0 radical (unpaired) electrons. The van der Waals surface area contributed by atoms with Gasteiger partial charge < -0.3 is 10.5 Å². The molecule has 0 bridgehead atoms. The topological polar surface area (TPSA) is 53.1 Å². The molecule has 4 nitrogen and oxygen atoms in total. The Morgan fingerprint density at radius 2 is 2.11 bits per heavy atom. The molecule has 0 spiro atoms. The lowest BCUT2D eigenvalue weighted by atomic mass is 10.3. The Labute approximate surface area is 101 Å². The second-order valence-electron chi connectivity index (χ2n) is 3.73. The van der Waals surface area contributed by atoms with Gasteiger partial charge in [-0.2, -0.15) is 13.2 Å². The van der Waals surface area contributed by atoms with Crippen LogP contribution in [0.1, 0.15) is 12.7 Å². The Morgan fingerprint density at radius 3 is 2.72 bits per heavy atom. The van der Waals surface area contributed by atoms with E-state index < -0.39 is 12.0 Å². The second kappa shape index (κ2) is 4.49. The van der Waals surface area contributed by atoms with Crippen LogP contribution in [0.3, 0.4) is 0 Å². The van der Waals surface area contributed by atoms with E-state index in [1.165, 1.54) is 18.2 Å². The van der Waals surface area contributed by atoms with Gasteiger partial charge in [0.2, 0.25) is 5.82 Å². The first-order chi connectivity index (χ1) is 8.43. The number of imidazole rings is 1. The summed E-state index contributed by atoms with van der Waals surface area (Å²) in [6.45, 7) is 1.82. The third-order valence-corrected chi connectivity index (χ3v) is 2.45. The van der Waals surface area contributed by atoms with Crippen molar-refractivity contribution in [2.75, 3.05) is 12.3 Å². The number of nitrogen functional groups attached to an aromatic ring is 1. The average molecular weight is 259 g/mol. The molecule has 2 aromatic rings. The maximum atomic E-state index is 12.8. The number of nitrogens with zero attached hydrogens (tertiary/aromatic N) is 2. The highest BCUT2D eigenvalue weighted by Crippen LogP contribution is 2.32. The van der Waals surface area contributed by atoms with E-state index in [4.69, 9.17) is 10.5 Å². The normalized spacial score (nSPS) is 12.2. The van der Waals surface area contributed by atoms with Gasteiger partial charge >= 0.3 is 6.18 Å². The summed E-state index contributed by atoms with van der Waals surface area (Å²) in [5, 5.41) is 0. The number of nitrogens with two attached hydrogens (primary N) is 1. The van der Waals surface area contributed by atoms with Gasteiger partial charge in [-0.25, -0.2) is 4.98 Å². The van der Waals surface area contributed by atoms with Crippen molar-refractivity contribution >= 4 is 16.7 Å². The van der Waals surface area contributed by atoms with E-state index in [9.17, 15) is 13.2 Å². The molecule has 0 aliphatic rings. The monoisotopic (exact) mass is 259 g/mol. The van der Waals surface area contributed by atoms with Gasteiger partial charge in [-0.1, -0.05) is 0 Å². The van der Waals surface area contributed by atoms with Crippen molar-refractivity contribution in [3.8, 4) is 0 Å². The largest absolute Gasteiger partial charge is 0.449 e. The molecule has 0 amide bonds. The van der Waals surface area contributed by atoms with Gasteiger partial charge in [0.15, 0.2) is 0 Å². The molecule has 18 heavy (non-hydrogen) atoms. The molecule has 0 aliphatic heterocycles. The Hall–Kier alpha value is -1.76. The van der Waals surface area contributed by atoms with Crippen molar-refractivity contribution < 1.29 is 17.9 Å². The summed E-state index contributed by atoms with van der Waals surface area (Å²) in [5.41, 5.74) is 6.52. The molecule has 98 valence electrons. The SMILES string of the molecule is CCOCn1c(C(F)(F)F)nc2ccc(N)cc21. The van der Waals surface area contributed by atoms with E-state index in [2.05, 4.69) is 4.98 Å². The smallest absolute Gasteiger partial charge is 0.399 e. The zero-order chi connectivity index (χ0) is 13.3. The fraction of sp³-hybridized carbons (Fsp3) is 0.364. The number of anilines is 1. The molecule has 2 rings (SSSR count). The highest BCUT2D eigenvalue weighted by molar-refractivity contribution is 5.79. The van der Waals surface area contributed by atoms with Gasteiger partial charge in [-0.05, 0) is 25.1 Å². The molecule has 7 heteroatoms. The third-order valence-electron chi connectivity index (χ3n) is 2.45. The Balaban J connectivity index is 2.62. The number of hydrogen-bond acceptors (Lipinski definition) is 3. The summed E-state index contributed by atoms with van der Waals surface area (Å²) >= 11 is 0. The first-order valence-corrected chi connectivity index (χ1v) is 5.34. The summed E-state index contributed by atoms with van der Waals surface area (Å²) in [5.74, 6) is -0.975. The molecular formula is C11H12F3N3O. The van der Waals surface area contributed by atoms with E-state index in [1.54, 1.807) is 6.92 Å². The minimum Gasteiger partial charge on any atom is -0.399 e. The van der Waals surface area contributed by atoms with E-state index in [0.717, 1.165) is 4.57 Å². The zero-order valence-corrected chi connectivity index (χ0v) is 9.66. The van der Waals surface area contributed by atoms with Crippen LogP contribution in [-0.4, -0.2) is 16.2 Å². The molecule has 0 saturated carbocycles. The lowest BCUT2D eigenvalue weighted by Crippen LogP contribution is -2.16. The van der Waals surface area contributed by atoms with E-state index >= 15 is 0 Å². The van der Waals surface area contributed by atoms with Crippen molar-refractivity contribution in [3.63, 3.8) is 0 Å². The number of rotatable bonds is 3. The molecule has 0 fully saturated rings. The molecule has 0 atom stereocenters. The van der Waals surface area contributed by atoms with E-state index in [0.29, 0.717) is 17.8 Å². The lowest BCUT2D eigenvalue weighted by molar-refractivity contribution is -0.149. The van der Waals surface area contributed by atoms with Crippen molar-refractivity contribution in [3.05, 3.63) is 24.0 Å². The van der Waals surface area contributed by atoms with Gasteiger partial charge in [0.1, 0.15) is 6.73 Å². The lowest BCUT2D eigenvalue weighted by Gasteiger charge is -2.11. The van der Waals surface area contributed by atoms with Gasteiger partial charge in [0.05, 0.1) is 11.0 Å². The molecule has 1 aromatic heterocycles.